The van der Waals surface area contributed by atoms with E-state index in [4.69, 9.17) is 4.52 Å². The molecule has 1 aliphatic rings. The van der Waals surface area contributed by atoms with Gasteiger partial charge in [0.25, 0.3) is 5.91 Å². The molecule has 0 spiro atoms. The smallest absolute Gasteiger partial charge is 0.257 e. The van der Waals surface area contributed by atoms with E-state index in [0.29, 0.717) is 36.1 Å². The highest BCUT2D eigenvalue weighted by atomic mass is 16.5. The van der Waals surface area contributed by atoms with Crippen molar-refractivity contribution in [2.45, 2.75) is 18.8 Å². The summed E-state index contributed by atoms with van der Waals surface area (Å²) in [4.78, 5) is 28.0. The van der Waals surface area contributed by atoms with Gasteiger partial charge in [-0.1, -0.05) is 11.2 Å². The van der Waals surface area contributed by atoms with E-state index in [1.165, 1.54) is 0 Å². The Bertz CT molecular complexity index is 1200. The van der Waals surface area contributed by atoms with Gasteiger partial charge < -0.3 is 9.42 Å². The molecular weight excluding hydrogens is 394 g/mol. The van der Waals surface area contributed by atoms with Crippen LogP contribution in [0, 0.1) is 6.92 Å². The van der Waals surface area contributed by atoms with Crippen LogP contribution in [0.1, 0.15) is 39.3 Å². The number of nitrogens with zero attached hydrogens (tertiary/aromatic N) is 7. The summed E-state index contributed by atoms with van der Waals surface area (Å²) in [5, 5.41) is 8.47. The number of aryl methyl sites for hydroxylation is 2. The molecule has 0 saturated carbocycles. The van der Waals surface area contributed by atoms with Crippen LogP contribution in [0.3, 0.4) is 0 Å². The Morgan fingerprint density at radius 1 is 1.10 bits per heavy atom. The average molecular weight is 415 g/mol. The fourth-order valence-corrected chi connectivity index (χ4v) is 4.14. The molecule has 156 valence electrons. The summed E-state index contributed by atoms with van der Waals surface area (Å²) in [5.41, 5.74) is 3.19. The number of hydrogen-bond acceptors (Lipinski definition) is 7. The van der Waals surface area contributed by atoms with Crippen molar-refractivity contribution in [2.75, 3.05) is 13.1 Å². The Kier molecular flexibility index (Phi) is 4.78. The van der Waals surface area contributed by atoms with Gasteiger partial charge in [-0.3, -0.25) is 19.4 Å². The van der Waals surface area contributed by atoms with E-state index >= 15 is 0 Å². The van der Waals surface area contributed by atoms with Crippen LogP contribution in [0.2, 0.25) is 0 Å². The monoisotopic (exact) mass is 415 g/mol. The number of pyridine rings is 2. The Morgan fingerprint density at radius 3 is 2.61 bits per heavy atom. The second-order valence-corrected chi connectivity index (χ2v) is 7.70. The third-order valence-corrected chi connectivity index (χ3v) is 5.66. The molecule has 31 heavy (non-hydrogen) atoms. The second-order valence-electron chi connectivity index (χ2n) is 7.70. The van der Waals surface area contributed by atoms with Crippen LogP contribution in [-0.4, -0.2) is 53.8 Å². The number of amides is 1. The number of aromatic nitrogens is 6. The van der Waals surface area contributed by atoms with Crippen molar-refractivity contribution < 1.29 is 9.32 Å². The van der Waals surface area contributed by atoms with Crippen molar-refractivity contribution in [2.24, 2.45) is 7.05 Å². The molecule has 0 N–H and O–H groups in total. The summed E-state index contributed by atoms with van der Waals surface area (Å²) in [6.07, 6.45) is 8.72. The van der Waals surface area contributed by atoms with Gasteiger partial charge in [0.1, 0.15) is 0 Å². The van der Waals surface area contributed by atoms with Gasteiger partial charge in [0.05, 0.1) is 17.2 Å². The highest BCUT2D eigenvalue weighted by Gasteiger charge is 2.41. The first-order chi connectivity index (χ1) is 15.1. The summed E-state index contributed by atoms with van der Waals surface area (Å²) in [7, 11) is 1.81. The minimum absolute atomic E-state index is 0.000340. The third kappa shape index (κ3) is 3.58. The quantitative estimate of drug-likeness (QED) is 0.505. The highest BCUT2D eigenvalue weighted by Crippen LogP contribution is 2.40. The lowest BCUT2D eigenvalue weighted by atomic mass is 9.90. The zero-order valence-corrected chi connectivity index (χ0v) is 17.2. The van der Waals surface area contributed by atoms with Crippen molar-refractivity contribution >= 4 is 5.91 Å². The zero-order valence-electron chi connectivity index (χ0n) is 17.2. The van der Waals surface area contributed by atoms with Gasteiger partial charge in [-0.25, -0.2) is 0 Å². The maximum Gasteiger partial charge on any atom is 0.257 e. The first kappa shape index (κ1) is 19.1. The number of hydrogen-bond donors (Lipinski definition) is 0. The Hall–Kier alpha value is -3.88. The molecule has 5 heterocycles. The van der Waals surface area contributed by atoms with Gasteiger partial charge in [-0.2, -0.15) is 10.1 Å². The van der Waals surface area contributed by atoms with Crippen molar-refractivity contribution in [3.63, 3.8) is 0 Å². The van der Waals surface area contributed by atoms with Crippen LogP contribution in [0.25, 0.3) is 11.4 Å². The summed E-state index contributed by atoms with van der Waals surface area (Å²) in [5.74, 6) is 0.846. The fourth-order valence-electron chi connectivity index (χ4n) is 4.14. The van der Waals surface area contributed by atoms with E-state index in [0.717, 1.165) is 11.1 Å². The maximum atomic E-state index is 13.2. The second kappa shape index (κ2) is 7.75. The minimum Gasteiger partial charge on any atom is -0.339 e. The number of carbonyl (C=O) groups excluding carboxylic acids is 1. The molecule has 1 aliphatic heterocycles. The first-order valence-corrected chi connectivity index (χ1v) is 10.0. The Labute approximate surface area is 178 Å². The van der Waals surface area contributed by atoms with Gasteiger partial charge >= 0.3 is 0 Å². The topological polar surface area (TPSA) is 103 Å². The van der Waals surface area contributed by atoms with E-state index < -0.39 is 0 Å². The normalized spacial score (nSPS) is 18.5. The first-order valence-electron chi connectivity index (χ1n) is 10.0. The molecule has 4 aromatic rings. The molecule has 1 amide bonds. The van der Waals surface area contributed by atoms with Crippen LogP contribution in [-0.2, 0) is 7.05 Å². The van der Waals surface area contributed by atoms with Gasteiger partial charge in [-0.05, 0) is 30.7 Å². The summed E-state index contributed by atoms with van der Waals surface area (Å²) in [6.45, 7) is 2.86. The molecule has 1 saturated heterocycles. The molecule has 1 fully saturated rings. The number of rotatable bonds is 4. The molecule has 2 atom stereocenters. The molecule has 5 rings (SSSR count). The van der Waals surface area contributed by atoms with E-state index in [2.05, 4.69) is 25.2 Å². The minimum atomic E-state index is -0.131. The summed E-state index contributed by atoms with van der Waals surface area (Å²) in [6, 6.07) is 7.60. The lowest BCUT2D eigenvalue weighted by Gasteiger charge is -2.16. The maximum absolute atomic E-state index is 13.2. The SMILES string of the molecule is Cc1nn(C)cc1C(=O)N1C[C@@H](c2cccnc2)[C@H](c2nc(-c3ccncc3)no2)C1. The molecule has 0 unspecified atom stereocenters. The van der Waals surface area contributed by atoms with E-state index in [-0.39, 0.29) is 17.7 Å². The van der Waals surface area contributed by atoms with Crippen molar-refractivity contribution in [1.82, 2.24) is 34.8 Å². The molecular formula is C22H21N7O2. The van der Waals surface area contributed by atoms with E-state index in [9.17, 15) is 4.79 Å². The van der Waals surface area contributed by atoms with Crippen LogP contribution in [0.5, 0.6) is 0 Å². The van der Waals surface area contributed by atoms with Crippen molar-refractivity contribution in [3.05, 3.63) is 78.0 Å². The molecule has 4 aromatic heterocycles. The Morgan fingerprint density at radius 2 is 1.90 bits per heavy atom. The van der Waals surface area contributed by atoms with Crippen molar-refractivity contribution in [1.29, 1.82) is 0 Å². The van der Waals surface area contributed by atoms with Crippen LogP contribution in [0.4, 0.5) is 0 Å². The van der Waals surface area contributed by atoms with Crippen molar-refractivity contribution in [3.8, 4) is 11.4 Å². The predicted molar refractivity (Wildman–Crippen MR) is 111 cm³/mol. The molecule has 0 aliphatic carbocycles. The molecule has 9 heteroatoms. The molecule has 9 nitrogen and oxygen atoms in total. The van der Waals surface area contributed by atoms with Gasteiger partial charge in [-0.15, -0.1) is 0 Å². The van der Waals surface area contributed by atoms with E-state index in [1.54, 1.807) is 29.5 Å². The summed E-state index contributed by atoms with van der Waals surface area (Å²) < 4.78 is 7.32. The number of likely N-dealkylation sites (tertiary alicyclic amines) is 1. The zero-order chi connectivity index (χ0) is 21.4. The highest BCUT2D eigenvalue weighted by molar-refractivity contribution is 5.95. The van der Waals surface area contributed by atoms with Gasteiger partial charge in [0.2, 0.25) is 11.7 Å². The fraction of sp³-hybridized carbons (Fsp3) is 0.273. The van der Waals surface area contributed by atoms with Crippen LogP contribution in [0.15, 0.2) is 59.8 Å². The molecule has 0 aromatic carbocycles. The number of carbonyl (C=O) groups is 1. The lowest BCUT2D eigenvalue weighted by molar-refractivity contribution is 0.0787. The van der Waals surface area contributed by atoms with Gasteiger partial charge in [0.15, 0.2) is 0 Å². The standard InChI is InChI=1S/C22H21N7O2/c1-14-17(11-28(2)26-14)22(30)29-12-18(16-4-3-7-24-10-16)19(13-29)21-25-20(27-31-21)15-5-8-23-9-6-15/h3-11,18-19H,12-13H2,1-2H3/t18-,19+/m0/s1. The van der Waals surface area contributed by atoms with E-state index in [1.807, 2.05) is 49.3 Å². The Balaban J connectivity index is 1.48. The van der Waals surface area contributed by atoms with Gasteiger partial charge in [0, 0.05) is 62.6 Å². The largest absolute Gasteiger partial charge is 0.339 e. The lowest BCUT2D eigenvalue weighted by Crippen LogP contribution is -2.29. The third-order valence-electron chi connectivity index (χ3n) is 5.66. The average Bonchev–Trinajstić information content (AvgIpc) is 3.52. The van der Waals surface area contributed by atoms with Crippen LogP contribution >= 0.6 is 0 Å². The molecule has 0 bridgehead atoms. The summed E-state index contributed by atoms with van der Waals surface area (Å²) >= 11 is 0. The predicted octanol–water partition coefficient (Wildman–Crippen LogP) is 2.59. The molecule has 0 radical (unpaired) electrons. The van der Waals surface area contributed by atoms with Crippen LogP contribution < -0.4 is 0 Å².